The predicted molar refractivity (Wildman–Crippen MR) is 72.6 cm³/mol. The van der Waals surface area contributed by atoms with Gasteiger partial charge in [-0.25, -0.2) is 17.6 Å². The number of amides is 1. The number of rotatable bonds is 5. The molecule has 0 fully saturated rings. The normalized spacial score (nSPS) is 21.0. The third kappa shape index (κ3) is 3.44. The Bertz CT molecular complexity index is 607. The van der Waals surface area contributed by atoms with E-state index in [1.165, 1.54) is 19.2 Å². The smallest absolute Gasteiger partial charge is 0.287 e. The summed E-state index contributed by atoms with van der Waals surface area (Å²) in [7, 11) is 1.45. The van der Waals surface area contributed by atoms with Crippen molar-refractivity contribution in [2.75, 3.05) is 7.11 Å². The number of halogens is 4. The lowest BCUT2D eigenvalue weighted by Crippen LogP contribution is -2.52. The summed E-state index contributed by atoms with van der Waals surface area (Å²) < 4.78 is 56.3. The summed E-state index contributed by atoms with van der Waals surface area (Å²) in [6.07, 6.45) is -8.02. The van der Waals surface area contributed by atoms with E-state index in [1.807, 2.05) is 0 Å². The van der Waals surface area contributed by atoms with Crippen molar-refractivity contribution in [1.82, 2.24) is 5.01 Å². The lowest BCUT2D eigenvalue weighted by atomic mass is 10.1. The Morgan fingerprint density at radius 3 is 2.43 bits per heavy atom. The van der Waals surface area contributed by atoms with E-state index in [0.29, 0.717) is 11.3 Å². The zero-order chi connectivity index (χ0) is 17.2. The van der Waals surface area contributed by atoms with Crippen molar-refractivity contribution in [3.05, 3.63) is 29.8 Å². The van der Waals surface area contributed by atoms with E-state index in [1.54, 1.807) is 12.1 Å². The molecule has 1 aliphatic heterocycles. The van der Waals surface area contributed by atoms with E-state index in [9.17, 15) is 27.5 Å². The fourth-order valence-corrected chi connectivity index (χ4v) is 2.15. The van der Waals surface area contributed by atoms with Crippen LogP contribution >= 0.6 is 0 Å². The monoisotopic (exact) mass is 334 g/mol. The fraction of sp³-hybridized carbons (Fsp3) is 0.429. The maximum Gasteiger partial charge on any atom is 0.287 e. The maximum atomic E-state index is 13.0. The average Bonchev–Trinajstić information content (AvgIpc) is 2.88. The van der Waals surface area contributed by atoms with Crippen LogP contribution in [0, 0.1) is 0 Å². The van der Waals surface area contributed by atoms with Gasteiger partial charge in [0.25, 0.3) is 12.9 Å². The molecule has 0 aromatic heterocycles. The summed E-state index contributed by atoms with van der Waals surface area (Å²) in [6.45, 7) is 0. The van der Waals surface area contributed by atoms with Gasteiger partial charge in [0.2, 0.25) is 11.6 Å². The Balaban J connectivity index is 2.20. The van der Waals surface area contributed by atoms with E-state index in [0.717, 1.165) is 0 Å². The van der Waals surface area contributed by atoms with Gasteiger partial charge in [0.15, 0.2) is 0 Å². The van der Waals surface area contributed by atoms with Crippen LogP contribution in [0.25, 0.3) is 0 Å². The van der Waals surface area contributed by atoms with E-state index in [-0.39, 0.29) is 11.4 Å². The Hall–Kier alpha value is -2.16. The van der Waals surface area contributed by atoms with Crippen molar-refractivity contribution in [1.29, 1.82) is 0 Å². The molecule has 1 heterocycles. The molecule has 0 saturated carbocycles. The molecule has 0 aliphatic carbocycles. The lowest BCUT2D eigenvalue weighted by Gasteiger charge is -2.30. The van der Waals surface area contributed by atoms with Crippen LogP contribution in [0.2, 0.25) is 0 Å². The first kappa shape index (κ1) is 17.2. The van der Waals surface area contributed by atoms with Gasteiger partial charge in [0.05, 0.1) is 13.5 Å². The predicted octanol–water partition coefficient (Wildman–Crippen LogP) is 2.04. The van der Waals surface area contributed by atoms with E-state index >= 15 is 0 Å². The molecule has 1 aromatic carbocycles. The van der Waals surface area contributed by atoms with E-state index < -0.39 is 36.6 Å². The van der Waals surface area contributed by atoms with Crippen LogP contribution in [0.3, 0.4) is 0 Å². The zero-order valence-electron chi connectivity index (χ0n) is 12.0. The van der Waals surface area contributed by atoms with Crippen molar-refractivity contribution in [3.8, 4) is 5.75 Å². The molecule has 0 saturated heterocycles. The fourth-order valence-electron chi connectivity index (χ4n) is 2.15. The summed E-state index contributed by atoms with van der Waals surface area (Å²) in [5, 5.41) is 13.1. The minimum Gasteiger partial charge on any atom is -0.497 e. The van der Waals surface area contributed by atoms with Gasteiger partial charge >= 0.3 is 0 Å². The van der Waals surface area contributed by atoms with Crippen molar-refractivity contribution in [3.63, 3.8) is 0 Å². The number of carbonyl (C=O) groups excluding carboxylic acids is 1. The number of carbonyl (C=O) groups is 1. The van der Waals surface area contributed by atoms with Gasteiger partial charge < -0.3 is 9.84 Å². The highest BCUT2D eigenvalue weighted by Crippen LogP contribution is 2.33. The van der Waals surface area contributed by atoms with Gasteiger partial charge in [-0.15, -0.1) is 0 Å². The molecule has 9 heteroatoms. The van der Waals surface area contributed by atoms with E-state index in [2.05, 4.69) is 5.10 Å². The van der Waals surface area contributed by atoms with Gasteiger partial charge in [-0.3, -0.25) is 4.79 Å². The average molecular weight is 334 g/mol. The van der Waals surface area contributed by atoms with Crippen LogP contribution in [0.15, 0.2) is 29.4 Å². The lowest BCUT2D eigenvalue weighted by molar-refractivity contribution is -0.191. The molecule has 5 nitrogen and oxygen atoms in total. The molecule has 1 amide bonds. The summed E-state index contributed by atoms with van der Waals surface area (Å²) in [5.41, 5.74) is -3.56. The van der Waals surface area contributed by atoms with Gasteiger partial charge in [0, 0.05) is 6.42 Å². The van der Waals surface area contributed by atoms with E-state index in [4.69, 9.17) is 4.74 Å². The first-order valence-electron chi connectivity index (χ1n) is 6.60. The number of ether oxygens (including phenoxy) is 1. The number of hydrogen-bond donors (Lipinski definition) is 1. The highest BCUT2D eigenvalue weighted by atomic mass is 19.3. The minimum atomic E-state index is -3.43. The summed E-state index contributed by atoms with van der Waals surface area (Å²) in [4.78, 5) is 12.1. The van der Waals surface area contributed by atoms with Crippen molar-refractivity contribution < 1.29 is 32.2 Å². The zero-order valence-corrected chi connectivity index (χ0v) is 12.0. The highest BCUT2D eigenvalue weighted by molar-refractivity contribution is 5.93. The van der Waals surface area contributed by atoms with Crippen LogP contribution in [0.4, 0.5) is 17.6 Å². The third-order valence-electron chi connectivity index (χ3n) is 3.39. The number of hydrazone groups is 1. The highest BCUT2D eigenvalue weighted by Gasteiger charge is 2.53. The van der Waals surface area contributed by atoms with Crippen LogP contribution in [-0.4, -0.2) is 47.4 Å². The molecular formula is C14H14F4N2O3. The van der Waals surface area contributed by atoms with Gasteiger partial charge in [-0.05, 0) is 17.7 Å². The standard InChI is InChI=1S/C14H14F4N2O3/c1-23-9-4-2-8(3-5-9)6-11(21)20-14(22,13(17)18)7-10(19-20)12(15)16/h2-5,12-13,22H,6-7H2,1H3/t14-/m0/s1. The SMILES string of the molecule is COc1ccc(CC(=O)N2N=C(C(F)F)C[C@]2(O)C(F)F)cc1. The molecule has 126 valence electrons. The number of nitrogens with zero attached hydrogens (tertiary/aromatic N) is 2. The molecule has 0 unspecified atom stereocenters. The molecule has 0 bridgehead atoms. The molecule has 1 aliphatic rings. The van der Waals surface area contributed by atoms with Crippen LogP contribution < -0.4 is 4.74 Å². The van der Waals surface area contributed by atoms with Crippen LogP contribution in [0.1, 0.15) is 12.0 Å². The van der Waals surface area contributed by atoms with Gasteiger partial charge in [0.1, 0.15) is 11.5 Å². The second-order valence-electron chi connectivity index (χ2n) is 4.98. The Morgan fingerprint density at radius 2 is 1.96 bits per heavy atom. The number of aliphatic hydroxyl groups is 1. The molecule has 0 radical (unpaired) electrons. The second kappa shape index (κ2) is 6.53. The number of alkyl halides is 4. The molecule has 23 heavy (non-hydrogen) atoms. The van der Waals surface area contributed by atoms with Crippen molar-refractivity contribution >= 4 is 11.6 Å². The summed E-state index contributed by atoms with van der Waals surface area (Å²) in [6, 6.07) is 6.15. The summed E-state index contributed by atoms with van der Waals surface area (Å²) in [5.74, 6) is -0.474. The number of benzene rings is 1. The minimum absolute atomic E-state index is 0.0589. The second-order valence-corrected chi connectivity index (χ2v) is 4.98. The van der Waals surface area contributed by atoms with Crippen molar-refractivity contribution in [2.24, 2.45) is 5.10 Å². The molecule has 0 spiro atoms. The molecule has 1 aromatic rings. The van der Waals surface area contributed by atoms with Crippen molar-refractivity contribution in [2.45, 2.75) is 31.4 Å². The third-order valence-corrected chi connectivity index (χ3v) is 3.39. The Labute approximate surface area is 129 Å². The number of methoxy groups -OCH3 is 1. The molecular weight excluding hydrogens is 320 g/mol. The number of hydrogen-bond acceptors (Lipinski definition) is 4. The summed E-state index contributed by atoms with van der Waals surface area (Å²) >= 11 is 0. The maximum absolute atomic E-state index is 13.0. The topological polar surface area (TPSA) is 62.1 Å². The Kier molecular flexibility index (Phi) is 4.88. The Morgan fingerprint density at radius 1 is 1.35 bits per heavy atom. The van der Waals surface area contributed by atoms with Crippen LogP contribution in [-0.2, 0) is 11.2 Å². The largest absolute Gasteiger partial charge is 0.497 e. The first-order chi connectivity index (χ1) is 10.8. The molecule has 2 rings (SSSR count). The van der Waals surface area contributed by atoms with Gasteiger partial charge in [-0.2, -0.15) is 10.1 Å². The first-order valence-corrected chi connectivity index (χ1v) is 6.60. The molecule has 1 N–H and O–H groups in total. The molecule has 1 atom stereocenters. The van der Waals surface area contributed by atoms with Crippen LogP contribution in [0.5, 0.6) is 5.75 Å². The quantitative estimate of drug-likeness (QED) is 0.839. The van der Waals surface area contributed by atoms with Gasteiger partial charge in [-0.1, -0.05) is 12.1 Å².